The molecule has 0 unspecified atom stereocenters. The highest BCUT2D eigenvalue weighted by molar-refractivity contribution is 5.87. The maximum Gasteiger partial charge on any atom is 0.135 e. The maximum atomic E-state index is 5.49. The standard InChI is InChI=1S/C13H11O/c1-2-10-14-13-9-5-7-11-6-3-4-8-12(11)13/h2-8H,1,10H2. The van der Waals surface area contributed by atoms with Crippen LogP contribution in [0.2, 0.25) is 0 Å². The van der Waals surface area contributed by atoms with Crippen molar-refractivity contribution in [1.82, 2.24) is 0 Å². The maximum absolute atomic E-state index is 5.49. The molecule has 0 fully saturated rings. The molecule has 14 heavy (non-hydrogen) atoms. The molecule has 0 aromatic heterocycles. The van der Waals surface area contributed by atoms with E-state index >= 15 is 0 Å². The minimum absolute atomic E-state index is 0.518. The van der Waals surface area contributed by atoms with E-state index in [0.717, 1.165) is 11.1 Å². The minimum atomic E-state index is 0.518. The van der Waals surface area contributed by atoms with E-state index in [9.17, 15) is 0 Å². The summed E-state index contributed by atoms with van der Waals surface area (Å²) in [5.74, 6) is 0.794. The second-order valence-corrected chi connectivity index (χ2v) is 2.99. The summed E-state index contributed by atoms with van der Waals surface area (Å²) in [6, 6.07) is 15.1. The van der Waals surface area contributed by atoms with Crippen LogP contribution in [0.3, 0.4) is 0 Å². The summed E-state index contributed by atoms with van der Waals surface area (Å²) in [6.07, 6.45) is 1.73. The van der Waals surface area contributed by atoms with Gasteiger partial charge in [0, 0.05) is 11.5 Å². The highest BCUT2D eigenvalue weighted by Crippen LogP contribution is 2.24. The van der Waals surface area contributed by atoms with Gasteiger partial charge < -0.3 is 4.74 Å². The van der Waals surface area contributed by atoms with Gasteiger partial charge in [-0.15, -0.1) is 0 Å². The summed E-state index contributed by atoms with van der Waals surface area (Å²) in [7, 11) is 0. The third kappa shape index (κ3) is 1.62. The summed E-state index contributed by atoms with van der Waals surface area (Å²) in [5, 5.41) is 2.27. The van der Waals surface area contributed by atoms with Crippen LogP contribution in [-0.4, -0.2) is 6.61 Å². The van der Waals surface area contributed by atoms with Gasteiger partial charge in [-0.05, 0) is 11.5 Å². The molecule has 1 radical (unpaired) electrons. The Morgan fingerprint density at radius 3 is 3.00 bits per heavy atom. The van der Waals surface area contributed by atoms with Gasteiger partial charge in [0.15, 0.2) is 0 Å². The first-order valence-corrected chi connectivity index (χ1v) is 4.55. The molecule has 0 bridgehead atoms. The molecule has 0 atom stereocenters. The summed E-state index contributed by atoms with van der Waals surface area (Å²) in [5.41, 5.74) is 0. The van der Waals surface area contributed by atoms with Crippen molar-refractivity contribution in [2.75, 3.05) is 6.61 Å². The van der Waals surface area contributed by atoms with Crippen LogP contribution in [0, 0.1) is 6.07 Å². The highest BCUT2D eigenvalue weighted by Gasteiger charge is 1.99. The number of rotatable bonds is 3. The Bertz CT molecular complexity index is 440. The molecule has 1 heteroatoms. The van der Waals surface area contributed by atoms with Gasteiger partial charge in [0.05, 0.1) is 0 Å². The third-order valence-electron chi connectivity index (χ3n) is 2.03. The first-order chi connectivity index (χ1) is 6.92. The van der Waals surface area contributed by atoms with E-state index in [1.54, 1.807) is 6.08 Å². The number of hydrogen-bond donors (Lipinski definition) is 0. The molecule has 0 saturated heterocycles. The lowest BCUT2D eigenvalue weighted by atomic mass is 10.1. The lowest BCUT2D eigenvalue weighted by Gasteiger charge is -2.06. The molecule has 0 N–H and O–H groups in total. The Morgan fingerprint density at radius 2 is 2.14 bits per heavy atom. The Hall–Kier alpha value is -1.76. The molecule has 0 saturated carbocycles. The fourth-order valence-electron chi connectivity index (χ4n) is 1.40. The molecular weight excluding hydrogens is 172 g/mol. The topological polar surface area (TPSA) is 9.23 Å². The molecule has 2 aromatic carbocycles. The smallest absolute Gasteiger partial charge is 0.135 e. The Labute approximate surface area is 83.6 Å². The second kappa shape index (κ2) is 3.97. The van der Waals surface area contributed by atoms with Gasteiger partial charge in [0.2, 0.25) is 0 Å². The molecule has 2 aromatic rings. The van der Waals surface area contributed by atoms with E-state index in [1.807, 2.05) is 30.3 Å². The average molecular weight is 183 g/mol. The van der Waals surface area contributed by atoms with Crippen LogP contribution in [0.15, 0.2) is 49.1 Å². The lowest BCUT2D eigenvalue weighted by molar-refractivity contribution is 0.367. The molecule has 0 amide bonds. The van der Waals surface area contributed by atoms with Gasteiger partial charge in [-0.1, -0.05) is 43.0 Å². The van der Waals surface area contributed by atoms with Gasteiger partial charge in [-0.25, -0.2) is 0 Å². The van der Waals surface area contributed by atoms with Crippen molar-refractivity contribution in [3.8, 4) is 5.75 Å². The molecule has 69 valence electrons. The van der Waals surface area contributed by atoms with Crippen molar-refractivity contribution in [2.45, 2.75) is 0 Å². The van der Waals surface area contributed by atoms with Gasteiger partial charge >= 0.3 is 0 Å². The van der Waals surface area contributed by atoms with Crippen molar-refractivity contribution in [3.63, 3.8) is 0 Å². The summed E-state index contributed by atoms with van der Waals surface area (Å²) < 4.78 is 5.49. The van der Waals surface area contributed by atoms with Gasteiger partial charge in [-0.3, -0.25) is 0 Å². The van der Waals surface area contributed by atoms with E-state index in [4.69, 9.17) is 4.74 Å². The largest absolute Gasteiger partial charge is 0.488 e. The van der Waals surface area contributed by atoms with E-state index in [0.29, 0.717) is 6.61 Å². The SMILES string of the molecule is C=CCOc1[c]ccc2ccccc12. The fourth-order valence-corrected chi connectivity index (χ4v) is 1.40. The van der Waals surface area contributed by atoms with E-state index in [-0.39, 0.29) is 0 Å². The Kier molecular flexibility index (Phi) is 2.50. The van der Waals surface area contributed by atoms with Crippen molar-refractivity contribution >= 4 is 10.8 Å². The monoisotopic (exact) mass is 183 g/mol. The minimum Gasteiger partial charge on any atom is -0.488 e. The quantitative estimate of drug-likeness (QED) is 0.664. The van der Waals surface area contributed by atoms with Crippen molar-refractivity contribution in [3.05, 3.63) is 55.1 Å². The van der Waals surface area contributed by atoms with Crippen LogP contribution in [0.25, 0.3) is 10.8 Å². The second-order valence-electron chi connectivity index (χ2n) is 2.99. The molecule has 0 heterocycles. The van der Waals surface area contributed by atoms with Crippen molar-refractivity contribution in [1.29, 1.82) is 0 Å². The van der Waals surface area contributed by atoms with Crippen LogP contribution in [0.4, 0.5) is 0 Å². The molecular formula is C13H11O. The van der Waals surface area contributed by atoms with Gasteiger partial charge in [0.25, 0.3) is 0 Å². The summed E-state index contributed by atoms with van der Waals surface area (Å²) >= 11 is 0. The molecule has 0 aliphatic heterocycles. The average Bonchev–Trinajstić information content (AvgIpc) is 2.26. The first kappa shape index (κ1) is 8.82. The predicted octanol–water partition coefficient (Wildman–Crippen LogP) is 3.20. The van der Waals surface area contributed by atoms with Crippen LogP contribution in [0.5, 0.6) is 5.75 Å². The molecule has 0 aliphatic carbocycles. The van der Waals surface area contributed by atoms with E-state index in [1.165, 1.54) is 5.39 Å². The molecule has 0 aliphatic rings. The Morgan fingerprint density at radius 1 is 1.29 bits per heavy atom. The third-order valence-corrected chi connectivity index (χ3v) is 2.03. The van der Waals surface area contributed by atoms with Crippen LogP contribution < -0.4 is 4.74 Å². The van der Waals surface area contributed by atoms with Crippen molar-refractivity contribution in [2.24, 2.45) is 0 Å². The molecule has 1 nitrogen and oxygen atoms in total. The van der Waals surface area contributed by atoms with Crippen molar-refractivity contribution < 1.29 is 4.74 Å². The van der Waals surface area contributed by atoms with Crippen LogP contribution in [0.1, 0.15) is 0 Å². The lowest BCUT2D eigenvalue weighted by Crippen LogP contribution is -1.93. The zero-order valence-corrected chi connectivity index (χ0v) is 7.86. The first-order valence-electron chi connectivity index (χ1n) is 4.55. The van der Waals surface area contributed by atoms with E-state index in [2.05, 4.69) is 18.7 Å². The number of fused-ring (bicyclic) bond motifs is 1. The van der Waals surface area contributed by atoms with Crippen LogP contribution >= 0.6 is 0 Å². The summed E-state index contributed by atoms with van der Waals surface area (Å²) in [6.45, 7) is 4.14. The van der Waals surface area contributed by atoms with Crippen LogP contribution in [-0.2, 0) is 0 Å². The number of hydrogen-bond acceptors (Lipinski definition) is 1. The van der Waals surface area contributed by atoms with E-state index < -0.39 is 0 Å². The molecule has 2 rings (SSSR count). The molecule has 0 spiro atoms. The zero-order chi connectivity index (χ0) is 9.80. The normalized spacial score (nSPS) is 10.0. The predicted molar refractivity (Wildman–Crippen MR) is 58.5 cm³/mol. The van der Waals surface area contributed by atoms with Gasteiger partial charge in [0.1, 0.15) is 12.4 Å². The highest BCUT2D eigenvalue weighted by atomic mass is 16.5. The number of ether oxygens (including phenoxy) is 1. The zero-order valence-electron chi connectivity index (χ0n) is 7.86. The fraction of sp³-hybridized carbons (Fsp3) is 0.0769. The summed E-state index contributed by atoms with van der Waals surface area (Å²) in [4.78, 5) is 0. The Balaban J connectivity index is 2.48. The van der Waals surface area contributed by atoms with Gasteiger partial charge in [-0.2, -0.15) is 0 Å². The number of benzene rings is 2.